The van der Waals surface area contributed by atoms with Crippen molar-refractivity contribution in [3.63, 3.8) is 0 Å². The third kappa shape index (κ3) is 4.32. The second kappa shape index (κ2) is 6.49. The van der Waals surface area contributed by atoms with E-state index in [-0.39, 0.29) is 29.2 Å². The molecule has 20 heavy (non-hydrogen) atoms. The number of alkyl halides is 3. The van der Waals surface area contributed by atoms with Crippen molar-refractivity contribution >= 4 is 11.7 Å². The molecule has 0 spiro atoms. The van der Waals surface area contributed by atoms with Gasteiger partial charge in [0.05, 0.1) is 17.9 Å². The maximum Gasteiger partial charge on any atom is 0.422 e. The van der Waals surface area contributed by atoms with Crippen molar-refractivity contribution in [2.45, 2.75) is 26.4 Å². The third-order valence-corrected chi connectivity index (χ3v) is 2.51. The second-order valence-corrected chi connectivity index (χ2v) is 4.19. The Morgan fingerprint density at radius 2 is 2.00 bits per heavy atom. The average Bonchev–Trinajstić information content (AvgIpc) is 2.36. The van der Waals surface area contributed by atoms with Crippen molar-refractivity contribution < 1.29 is 27.4 Å². The summed E-state index contributed by atoms with van der Waals surface area (Å²) in [5.41, 5.74) is 6.19. The molecule has 0 saturated carbocycles. The van der Waals surface area contributed by atoms with Gasteiger partial charge in [0.1, 0.15) is 5.75 Å². The number of nitrogens with two attached hydrogens (primary N) is 1. The first kappa shape index (κ1) is 16.1. The maximum atomic E-state index is 12.1. The van der Waals surface area contributed by atoms with Crippen molar-refractivity contribution in [1.82, 2.24) is 0 Å². The molecule has 0 amide bonds. The number of hydrogen-bond acceptors (Lipinski definition) is 4. The first-order valence-electron chi connectivity index (χ1n) is 6.02. The molecule has 2 N–H and O–H groups in total. The Kier molecular flexibility index (Phi) is 5.24. The van der Waals surface area contributed by atoms with Gasteiger partial charge in [-0.05, 0) is 25.5 Å². The molecule has 0 heterocycles. The summed E-state index contributed by atoms with van der Waals surface area (Å²) in [4.78, 5) is 11.7. The summed E-state index contributed by atoms with van der Waals surface area (Å²) < 4.78 is 45.8. The van der Waals surface area contributed by atoms with Crippen LogP contribution in [0.15, 0.2) is 12.1 Å². The van der Waals surface area contributed by atoms with Gasteiger partial charge in [-0.15, -0.1) is 0 Å². The molecule has 0 aromatic heterocycles. The highest BCUT2D eigenvalue weighted by atomic mass is 19.4. The van der Waals surface area contributed by atoms with Gasteiger partial charge in [-0.2, -0.15) is 13.2 Å². The van der Waals surface area contributed by atoms with Crippen molar-refractivity contribution in [1.29, 1.82) is 0 Å². The molecule has 0 atom stereocenters. The number of carbonyl (C=O) groups is 1. The van der Waals surface area contributed by atoms with Crippen LogP contribution in [0, 0.1) is 6.92 Å². The Bertz CT molecular complexity index is 486. The minimum Gasteiger partial charge on any atom is -0.484 e. The zero-order valence-corrected chi connectivity index (χ0v) is 11.2. The molecule has 0 radical (unpaired) electrons. The van der Waals surface area contributed by atoms with Gasteiger partial charge >= 0.3 is 12.1 Å². The minimum atomic E-state index is -4.43. The summed E-state index contributed by atoms with van der Waals surface area (Å²) in [7, 11) is 0. The maximum absolute atomic E-state index is 12.1. The van der Waals surface area contributed by atoms with Crippen molar-refractivity contribution in [3.8, 4) is 5.75 Å². The molecule has 0 aliphatic rings. The van der Waals surface area contributed by atoms with Crippen LogP contribution >= 0.6 is 0 Å². The summed E-state index contributed by atoms with van der Waals surface area (Å²) in [5.74, 6) is -0.610. The van der Waals surface area contributed by atoms with E-state index < -0.39 is 18.8 Å². The molecular weight excluding hydrogens is 275 g/mol. The van der Waals surface area contributed by atoms with Crippen LogP contribution in [0.3, 0.4) is 0 Å². The van der Waals surface area contributed by atoms with E-state index in [9.17, 15) is 18.0 Å². The molecule has 0 aliphatic carbocycles. The van der Waals surface area contributed by atoms with Gasteiger partial charge in [0.25, 0.3) is 0 Å². The molecule has 0 saturated heterocycles. The molecule has 1 aromatic carbocycles. The van der Waals surface area contributed by atoms with Crippen molar-refractivity contribution in [2.75, 3.05) is 18.9 Å². The molecule has 0 bridgehead atoms. The van der Waals surface area contributed by atoms with E-state index in [1.54, 1.807) is 0 Å². The number of anilines is 1. The van der Waals surface area contributed by atoms with E-state index in [4.69, 9.17) is 10.5 Å². The van der Waals surface area contributed by atoms with Crippen LogP contribution in [0.5, 0.6) is 5.75 Å². The van der Waals surface area contributed by atoms with Gasteiger partial charge in [-0.1, -0.05) is 6.92 Å². The Morgan fingerprint density at radius 1 is 1.35 bits per heavy atom. The molecule has 7 heteroatoms. The Labute approximate surface area is 114 Å². The number of ether oxygens (including phenoxy) is 2. The standard InChI is InChI=1S/C13H16F3NO3/c1-3-6-19-12(18)9-4-5-10(8(2)11(9)17)20-7-13(14,15)16/h4-5H,3,6-7,17H2,1-2H3. The van der Waals surface area contributed by atoms with E-state index >= 15 is 0 Å². The zero-order valence-electron chi connectivity index (χ0n) is 11.2. The lowest BCUT2D eigenvalue weighted by Crippen LogP contribution is -2.20. The highest BCUT2D eigenvalue weighted by Crippen LogP contribution is 2.29. The minimum absolute atomic E-state index is 0.00753. The number of hydrogen-bond donors (Lipinski definition) is 1. The lowest BCUT2D eigenvalue weighted by Gasteiger charge is -2.14. The SMILES string of the molecule is CCCOC(=O)c1ccc(OCC(F)(F)F)c(C)c1N. The topological polar surface area (TPSA) is 61.5 Å². The summed E-state index contributed by atoms with van der Waals surface area (Å²) in [5, 5.41) is 0. The molecule has 0 unspecified atom stereocenters. The molecule has 4 nitrogen and oxygen atoms in total. The molecular formula is C13H16F3NO3. The van der Waals surface area contributed by atoms with E-state index in [1.165, 1.54) is 19.1 Å². The van der Waals surface area contributed by atoms with Gasteiger partial charge < -0.3 is 15.2 Å². The van der Waals surface area contributed by atoms with Gasteiger partial charge in [-0.3, -0.25) is 0 Å². The number of esters is 1. The summed E-state index contributed by atoms with van der Waals surface area (Å²) in [6.45, 7) is 2.17. The number of rotatable bonds is 5. The van der Waals surface area contributed by atoms with Crippen LogP contribution in [0.4, 0.5) is 18.9 Å². The number of nitrogen functional groups attached to an aromatic ring is 1. The number of benzene rings is 1. The van der Waals surface area contributed by atoms with Crippen LogP contribution in [0.25, 0.3) is 0 Å². The van der Waals surface area contributed by atoms with Crippen LogP contribution in [-0.2, 0) is 4.74 Å². The number of halogens is 3. The fourth-order valence-electron chi connectivity index (χ4n) is 1.47. The van der Waals surface area contributed by atoms with E-state index in [0.29, 0.717) is 6.42 Å². The monoisotopic (exact) mass is 291 g/mol. The van der Waals surface area contributed by atoms with E-state index in [1.807, 2.05) is 6.92 Å². The van der Waals surface area contributed by atoms with Crippen LogP contribution in [-0.4, -0.2) is 25.4 Å². The van der Waals surface area contributed by atoms with E-state index in [0.717, 1.165) is 0 Å². The van der Waals surface area contributed by atoms with Crippen LogP contribution in [0.2, 0.25) is 0 Å². The Morgan fingerprint density at radius 3 is 2.55 bits per heavy atom. The molecule has 0 fully saturated rings. The summed E-state index contributed by atoms with van der Waals surface area (Å²) in [6.07, 6.45) is -3.77. The van der Waals surface area contributed by atoms with E-state index in [2.05, 4.69) is 4.74 Å². The Balaban J connectivity index is 2.89. The predicted molar refractivity (Wildman–Crippen MR) is 67.7 cm³/mol. The Hall–Kier alpha value is -1.92. The van der Waals surface area contributed by atoms with Crippen molar-refractivity contribution in [3.05, 3.63) is 23.3 Å². The summed E-state index contributed by atoms with van der Waals surface area (Å²) >= 11 is 0. The predicted octanol–water partition coefficient (Wildman–Crippen LogP) is 3.09. The van der Waals surface area contributed by atoms with Gasteiger partial charge in [0.2, 0.25) is 0 Å². The molecule has 1 aromatic rings. The lowest BCUT2D eigenvalue weighted by atomic mass is 10.1. The first-order chi connectivity index (χ1) is 9.26. The molecule has 1 rings (SSSR count). The normalized spacial score (nSPS) is 11.2. The quantitative estimate of drug-likeness (QED) is 0.669. The first-order valence-corrected chi connectivity index (χ1v) is 6.02. The number of carbonyl (C=O) groups excluding carboxylic acids is 1. The highest BCUT2D eigenvalue weighted by Gasteiger charge is 2.29. The van der Waals surface area contributed by atoms with Gasteiger partial charge in [0, 0.05) is 5.56 Å². The molecule has 0 aliphatic heterocycles. The van der Waals surface area contributed by atoms with Gasteiger partial charge in [-0.25, -0.2) is 4.79 Å². The fourth-order valence-corrected chi connectivity index (χ4v) is 1.47. The van der Waals surface area contributed by atoms with Crippen molar-refractivity contribution in [2.24, 2.45) is 0 Å². The van der Waals surface area contributed by atoms with Crippen LogP contribution < -0.4 is 10.5 Å². The summed E-state index contributed by atoms with van der Waals surface area (Å²) in [6, 6.07) is 2.58. The smallest absolute Gasteiger partial charge is 0.422 e. The van der Waals surface area contributed by atoms with Gasteiger partial charge in [0.15, 0.2) is 6.61 Å². The molecule has 112 valence electrons. The zero-order chi connectivity index (χ0) is 15.3. The van der Waals surface area contributed by atoms with Crippen LogP contribution in [0.1, 0.15) is 29.3 Å². The second-order valence-electron chi connectivity index (χ2n) is 4.19. The third-order valence-electron chi connectivity index (χ3n) is 2.51. The highest BCUT2D eigenvalue weighted by molar-refractivity contribution is 5.96. The average molecular weight is 291 g/mol. The lowest BCUT2D eigenvalue weighted by molar-refractivity contribution is -0.153. The largest absolute Gasteiger partial charge is 0.484 e. The fraction of sp³-hybridized carbons (Fsp3) is 0.462.